The predicted molar refractivity (Wildman–Crippen MR) is 90.9 cm³/mol. The summed E-state index contributed by atoms with van der Waals surface area (Å²) in [7, 11) is 0. The van der Waals surface area contributed by atoms with Gasteiger partial charge in [0.25, 0.3) is 0 Å². The van der Waals surface area contributed by atoms with E-state index in [-0.39, 0.29) is 5.91 Å². The second-order valence-electron chi connectivity index (χ2n) is 6.69. The van der Waals surface area contributed by atoms with E-state index in [4.69, 9.17) is 4.74 Å². The van der Waals surface area contributed by atoms with Crippen molar-refractivity contribution in [2.24, 2.45) is 5.92 Å². The van der Waals surface area contributed by atoms with Gasteiger partial charge in [0, 0.05) is 26.0 Å². The molecule has 1 atom stereocenters. The summed E-state index contributed by atoms with van der Waals surface area (Å²) in [6.45, 7) is 3.09. The van der Waals surface area contributed by atoms with Crippen molar-refractivity contribution in [1.82, 2.24) is 24.8 Å². The van der Waals surface area contributed by atoms with Crippen molar-refractivity contribution in [2.45, 2.75) is 25.4 Å². The SMILES string of the molecule is O=C(NCC1CCOCC1)C1CN(c2ncc(F)cn2)Cc2cncn21. The average Bonchev–Trinajstić information content (AvgIpc) is 3.15. The third-order valence-corrected chi connectivity index (χ3v) is 4.93. The number of rotatable bonds is 4. The second-order valence-corrected chi connectivity index (χ2v) is 6.69. The molecule has 1 amide bonds. The molecule has 26 heavy (non-hydrogen) atoms. The molecule has 9 heteroatoms. The van der Waals surface area contributed by atoms with Crippen LogP contribution in [0, 0.1) is 11.7 Å². The lowest BCUT2D eigenvalue weighted by atomic mass is 10.0. The summed E-state index contributed by atoms with van der Waals surface area (Å²) in [5.74, 6) is 0.320. The summed E-state index contributed by atoms with van der Waals surface area (Å²) in [6.07, 6.45) is 7.61. The molecule has 2 aromatic rings. The Hall–Kier alpha value is -2.55. The quantitative estimate of drug-likeness (QED) is 0.873. The van der Waals surface area contributed by atoms with Gasteiger partial charge in [0.2, 0.25) is 11.9 Å². The Balaban J connectivity index is 1.47. The molecule has 8 nitrogen and oxygen atoms in total. The number of nitrogens with one attached hydrogen (secondary N) is 1. The first-order chi connectivity index (χ1) is 12.7. The molecule has 1 N–H and O–H groups in total. The molecule has 0 radical (unpaired) electrons. The normalized spacial score (nSPS) is 20.7. The maximum absolute atomic E-state index is 13.1. The third-order valence-electron chi connectivity index (χ3n) is 4.93. The topological polar surface area (TPSA) is 85.2 Å². The second kappa shape index (κ2) is 7.36. The van der Waals surface area contributed by atoms with Crippen LogP contribution in [0.4, 0.5) is 10.3 Å². The van der Waals surface area contributed by atoms with E-state index in [1.54, 1.807) is 12.5 Å². The smallest absolute Gasteiger partial charge is 0.244 e. The van der Waals surface area contributed by atoms with E-state index in [1.807, 2.05) is 9.47 Å². The van der Waals surface area contributed by atoms with E-state index in [0.717, 1.165) is 44.1 Å². The number of carbonyl (C=O) groups is 1. The maximum Gasteiger partial charge on any atom is 0.244 e. The molecule has 4 rings (SSSR count). The zero-order valence-corrected chi connectivity index (χ0v) is 14.3. The predicted octanol–water partition coefficient (Wildman–Crippen LogP) is 0.916. The fraction of sp³-hybridized carbons (Fsp3) is 0.529. The number of amides is 1. The molecule has 2 aliphatic heterocycles. The Bertz CT molecular complexity index is 759. The van der Waals surface area contributed by atoms with Crippen LogP contribution in [0.25, 0.3) is 0 Å². The van der Waals surface area contributed by atoms with Crippen LogP contribution in [0.3, 0.4) is 0 Å². The van der Waals surface area contributed by atoms with Crippen LogP contribution < -0.4 is 10.2 Å². The van der Waals surface area contributed by atoms with Crippen molar-refractivity contribution in [1.29, 1.82) is 0 Å². The monoisotopic (exact) mass is 360 g/mol. The Morgan fingerprint density at radius 3 is 2.81 bits per heavy atom. The van der Waals surface area contributed by atoms with Crippen LogP contribution in [0.5, 0.6) is 0 Å². The van der Waals surface area contributed by atoms with Crippen molar-refractivity contribution >= 4 is 11.9 Å². The van der Waals surface area contributed by atoms with Crippen LogP contribution in [-0.4, -0.2) is 51.7 Å². The summed E-state index contributed by atoms with van der Waals surface area (Å²) in [5, 5.41) is 3.06. The highest BCUT2D eigenvalue weighted by atomic mass is 19.1. The van der Waals surface area contributed by atoms with Gasteiger partial charge in [-0.2, -0.15) is 0 Å². The number of halogens is 1. The van der Waals surface area contributed by atoms with Crippen molar-refractivity contribution in [3.05, 3.63) is 36.4 Å². The van der Waals surface area contributed by atoms with Crippen LogP contribution in [-0.2, 0) is 16.1 Å². The number of ether oxygens (including phenoxy) is 1. The summed E-state index contributed by atoms with van der Waals surface area (Å²) in [6, 6.07) is -0.422. The zero-order chi connectivity index (χ0) is 17.9. The van der Waals surface area contributed by atoms with E-state index < -0.39 is 11.9 Å². The number of fused-ring (bicyclic) bond motifs is 1. The van der Waals surface area contributed by atoms with Gasteiger partial charge in [-0.15, -0.1) is 0 Å². The van der Waals surface area contributed by atoms with Crippen LogP contribution in [0.15, 0.2) is 24.9 Å². The maximum atomic E-state index is 13.1. The Kier molecular flexibility index (Phi) is 4.79. The van der Waals surface area contributed by atoms with Crippen molar-refractivity contribution in [3.8, 4) is 0 Å². The van der Waals surface area contributed by atoms with Crippen LogP contribution in [0.1, 0.15) is 24.6 Å². The lowest BCUT2D eigenvalue weighted by Gasteiger charge is -2.34. The third kappa shape index (κ3) is 3.52. The molecule has 2 aliphatic rings. The van der Waals surface area contributed by atoms with Gasteiger partial charge in [0.1, 0.15) is 6.04 Å². The molecule has 0 saturated carbocycles. The number of hydrogen-bond acceptors (Lipinski definition) is 6. The van der Waals surface area contributed by atoms with Gasteiger partial charge in [-0.3, -0.25) is 4.79 Å². The first-order valence-electron chi connectivity index (χ1n) is 8.79. The molecular formula is C17H21FN6O2. The molecule has 0 spiro atoms. The number of aromatic nitrogens is 4. The lowest BCUT2D eigenvalue weighted by molar-refractivity contribution is -0.124. The molecule has 0 aliphatic carbocycles. The Labute approximate surface area is 150 Å². The van der Waals surface area contributed by atoms with Gasteiger partial charge in [0.05, 0.1) is 37.5 Å². The van der Waals surface area contributed by atoms with Gasteiger partial charge in [-0.05, 0) is 18.8 Å². The number of imidazole rings is 1. The van der Waals surface area contributed by atoms with Crippen molar-refractivity contribution < 1.29 is 13.9 Å². The van der Waals surface area contributed by atoms with E-state index >= 15 is 0 Å². The fourth-order valence-corrected chi connectivity index (χ4v) is 3.44. The summed E-state index contributed by atoms with van der Waals surface area (Å²) < 4.78 is 20.3. The van der Waals surface area contributed by atoms with Gasteiger partial charge in [-0.25, -0.2) is 19.3 Å². The number of nitrogens with zero attached hydrogens (tertiary/aromatic N) is 5. The molecular weight excluding hydrogens is 339 g/mol. The molecule has 1 fully saturated rings. The molecule has 2 aromatic heterocycles. The van der Waals surface area contributed by atoms with Gasteiger partial charge >= 0.3 is 0 Å². The van der Waals surface area contributed by atoms with Crippen molar-refractivity contribution in [3.63, 3.8) is 0 Å². The zero-order valence-electron chi connectivity index (χ0n) is 14.3. The first kappa shape index (κ1) is 16.9. The van der Waals surface area contributed by atoms with E-state index in [9.17, 15) is 9.18 Å². The molecule has 138 valence electrons. The lowest BCUT2D eigenvalue weighted by Crippen LogP contribution is -2.46. The van der Waals surface area contributed by atoms with Crippen LogP contribution in [0.2, 0.25) is 0 Å². The number of anilines is 1. The number of carbonyl (C=O) groups excluding carboxylic acids is 1. The van der Waals surface area contributed by atoms with E-state index in [2.05, 4.69) is 20.3 Å². The van der Waals surface area contributed by atoms with E-state index in [0.29, 0.717) is 31.5 Å². The molecule has 1 unspecified atom stereocenters. The van der Waals surface area contributed by atoms with E-state index in [1.165, 1.54) is 0 Å². The molecule has 0 aromatic carbocycles. The van der Waals surface area contributed by atoms with Gasteiger partial charge in [0.15, 0.2) is 5.82 Å². The first-order valence-corrected chi connectivity index (χ1v) is 8.79. The largest absolute Gasteiger partial charge is 0.381 e. The highest BCUT2D eigenvalue weighted by Gasteiger charge is 2.31. The molecule has 0 bridgehead atoms. The van der Waals surface area contributed by atoms with Gasteiger partial charge in [-0.1, -0.05) is 0 Å². The van der Waals surface area contributed by atoms with Crippen LogP contribution >= 0.6 is 0 Å². The minimum Gasteiger partial charge on any atom is -0.381 e. The highest BCUT2D eigenvalue weighted by Crippen LogP contribution is 2.24. The van der Waals surface area contributed by atoms with Crippen molar-refractivity contribution in [2.75, 3.05) is 31.2 Å². The number of hydrogen-bond donors (Lipinski definition) is 1. The Morgan fingerprint density at radius 1 is 1.27 bits per heavy atom. The fourth-order valence-electron chi connectivity index (χ4n) is 3.44. The minimum absolute atomic E-state index is 0.0532. The highest BCUT2D eigenvalue weighted by molar-refractivity contribution is 5.81. The average molecular weight is 360 g/mol. The summed E-state index contributed by atoms with van der Waals surface area (Å²) in [4.78, 5) is 26.9. The standard InChI is InChI=1S/C17H21FN6O2/c18-13-6-21-17(22-7-13)23-9-14-8-19-11-24(14)15(10-23)16(25)20-5-12-1-3-26-4-2-12/h6-8,11-12,15H,1-5,9-10H2,(H,20,25). The Morgan fingerprint density at radius 2 is 2.04 bits per heavy atom. The van der Waals surface area contributed by atoms with Gasteiger partial charge < -0.3 is 19.5 Å². The molecule has 4 heterocycles. The minimum atomic E-state index is -0.485. The molecule has 1 saturated heterocycles. The summed E-state index contributed by atoms with van der Waals surface area (Å²) >= 11 is 0. The summed E-state index contributed by atoms with van der Waals surface area (Å²) in [5.41, 5.74) is 0.899.